The zero-order valence-corrected chi connectivity index (χ0v) is 40.8. The molecule has 0 bridgehead atoms. The van der Waals surface area contributed by atoms with Gasteiger partial charge in [-0.25, -0.2) is 8.93 Å². The second-order valence-corrected chi connectivity index (χ2v) is 18.9. The summed E-state index contributed by atoms with van der Waals surface area (Å²) in [5, 5.41) is 0. The number of hydrogen-bond donors (Lipinski definition) is 1. The molecule has 0 amide bonds. The van der Waals surface area contributed by atoms with Gasteiger partial charge in [0, 0.05) is 26.5 Å². The maximum absolute atomic E-state index is 12.8. The Morgan fingerprint density at radius 1 is 0.492 bits per heavy atom. The van der Waals surface area contributed by atoms with Crippen molar-refractivity contribution in [3.63, 3.8) is 0 Å². The number of carbonyl (C=O) groups excluding carboxylic acids is 2. The Balaban J connectivity index is 4.49. The SMILES string of the molecule is CCCCCCCCC(CC)OC(=O)CCCCCCCN(CCCCCCCC(=O)OC(CCCCCCCC)CCCCCCCC)CCCNS(=O)CCOC. The molecule has 1 N–H and O–H groups in total. The van der Waals surface area contributed by atoms with Gasteiger partial charge in [-0.3, -0.25) is 9.59 Å². The number of hydrogen-bond acceptors (Lipinski definition) is 7. The average molecular weight is 857 g/mol. The van der Waals surface area contributed by atoms with Gasteiger partial charge in [-0.2, -0.15) is 0 Å². The molecule has 0 rings (SSSR count). The number of unbranched alkanes of at least 4 members (excludes halogenated alkanes) is 23. The zero-order valence-electron chi connectivity index (χ0n) is 40.0. The topological polar surface area (TPSA) is 94.2 Å². The molecule has 0 heterocycles. The minimum Gasteiger partial charge on any atom is -0.462 e. The highest BCUT2D eigenvalue weighted by atomic mass is 32.2. The van der Waals surface area contributed by atoms with Gasteiger partial charge >= 0.3 is 11.9 Å². The van der Waals surface area contributed by atoms with Gasteiger partial charge in [0.2, 0.25) is 0 Å². The molecule has 352 valence electrons. The molecule has 59 heavy (non-hydrogen) atoms. The van der Waals surface area contributed by atoms with Crippen molar-refractivity contribution in [2.24, 2.45) is 0 Å². The Kier molecular flexibility index (Phi) is 45.7. The molecule has 0 radical (unpaired) electrons. The van der Waals surface area contributed by atoms with Crippen LogP contribution in [-0.2, 0) is 34.8 Å². The maximum atomic E-state index is 12.8. The van der Waals surface area contributed by atoms with E-state index < -0.39 is 11.0 Å². The predicted molar refractivity (Wildman–Crippen MR) is 253 cm³/mol. The lowest BCUT2D eigenvalue weighted by atomic mass is 10.0. The molecule has 0 saturated carbocycles. The van der Waals surface area contributed by atoms with Gasteiger partial charge in [0.05, 0.1) is 23.3 Å². The summed E-state index contributed by atoms with van der Waals surface area (Å²) in [6.45, 7) is 13.3. The van der Waals surface area contributed by atoms with Crippen LogP contribution in [0.1, 0.15) is 252 Å². The first-order valence-corrected chi connectivity index (χ1v) is 26.9. The van der Waals surface area contributed by atoms with Crippen molar-refractivity contribution in [2.75, 3.05) is 45.6 Å². The van der Waals surface area contributed by atoms with Crippen molar-refractivity contribution in [1.29, 1.82) is 0 Å². The van der Waals surface area contributed by atoms with Crippen LogP contribution in [0.3, 0.4) is 0 Å². The summed E-state index contributed by atoms with van der Waals surface area (Å²) in [7, 11) is 0.601. The smallest absolute Gasteiger partial charge is 0.306 e. The van der Waals surface area contributed by atoms with E-state index in [1.165, 1.54) is 122 Å². The van der Waals surface area contributed by atoms with Gasteiger partial charge in [-0.1, -0.05) is 163 Å². The zero-order chi connectivity index (χ0) is 43.3. The summed E-state index contributed by atoms with van der Waals surface area (Å²) in [5.74, 6) is 0.517. The summed E-state index contributed by atoms with van der Waals surface area (Å²) in [4.78, 5) is 27.9. The third-order valence-corrected chi connectivity index (χ3v) is 12.9. The predicted octanol–water partition coefficient (Wildman–Crippen LogP) is 13.7. The van der Waals surface area contributed by atoms with E-state index in [-0.39, 0.29) is 24.1 Å². The molecule has 2 unspecified atom stereocenters. The lowest BCUT2D eigenvalue weighted by Gasteiger charge is -2.22. The van der Waals surface area contributed by atoms with E-state index in [1.807, 2.05) is 0 Å². The van der Waals surface area contributed by atoms with Crippen molar-refractivity contribution in [3.8, 4) is 0 Å². The molecular weight excluding hydrogens is 757 g/mol. The van der Waals surface area contributed by atoms with E-state index in [1.54, 1.807) is 7.11 Å². The van der Waals surface area contributed by atoms with Crippen LogP contribution >= 0.6 is 0 Å². The van der Waals surface area contributed by atoms with E-state index in [9.17, 15) is 13.8 Å². The van der Waals surface area contributed by atoms with Crippen LogP contribution in [0.2, 0.25) is 0 Å². The summed E-state index contributed by atoms with van der Waals surface area (Å²) < 4.78 is 32.2. The number of nitrogens with one attached hydrogen (secondary N) is 1. The Labute approximate surface area is 369 Å². The third kappa shape index (κ3) is 42.1. The molecular formula is C50H100N2O6S. The van der Waals surface area contributed by atoms with Gasteiger partial charge in [0.25, 0.3) is 0 Å². The molecule has 0 aromatic carbocycles. The molecule has 0 aromatic heterocycles. The van der Waals surface area contributed by atoms with Gasteiger partial charge in [0.1, 0.15) is 12.2 Å². The summed E-state index contributed by atoms with van der Waals surface area (Å²) in [6.07, 6.45) is 40.2. The van der Waals surface area contributed by atoms with E-state index >= 15 is 0 Å². The van der Waals surface area contributed by atoms with E-state index in [0.29, 0.717) is 25.2 Å². The van der Waals surface area contributed by atoms with Crippen molar-refractivity contribution in [1.82, 2.24) is 9.62 Å². The van der Waals surface area contributed by atoms with Gasteiger partial charge in [-0.05, 0) is 96.7 Å². The molecule has 0 aromatic rings. The van der Waals surface area contributed by atoms with Gasteiger partial charge in [-0.15, -0.1) is 0 Å². The molecule has 0 spiro atoms. The Bertz CT molecular complexity index is 908. The monoisotopic (exact) mass is 857 g/mol. The Morgan fingerprint density at radius 3 is 1.31 bits per heavy atom. The van der Waals surface area contributed by atoms with Crippen LogP contribution < -0.4 is 4.72 Å². The second-order valence-electron chi connectivity index (χ2n) is 17.5. The number of rotatable bonds is 48. The largest absolute Gasteiger partial charge is 0.462 e. The Hall–Kier alpha value is -1.03. The van der Waals surface area contributed by atoms with Gasteiger partial charge in [0.15, 0.2) is 0 Å². The number of ether oxygens (including phenoxy) is 3. The molecule has 2 atom stereocenters. The minimum absolute atomic E-state index is 0.0127. The van der Waals surface area contributed by atoms with E-state index in [0.717, 1.165) is 116 Å². The minimum atomic E-state index is -1.04. The molecule has 0 fully saturated rings. The van der Waals surface area contributed by atoms with Crippen LogP contribution in [0.15, 0.2) is 0 Å². The summed E-state index contributed by atoms with van der Waals surface area (Å²) >= 11 is 0. The van der Waals surface area contributed by atoms with Crippen molar-refractivity contribution >= 4 is 22.9 Å². The van der Waals surface area contributed by atoms with Crippen molar-refractivity contribution in [2.45, 2.75) is 265 Å². The number of esters is 2. The fraction of sp³-hybridized carbons (Fsp3) is 0.960. The molecule has 0 aliphatic rings. The Morgan fingerprint density at radius 2 is 0.864 bits per heavy atom. The highest BCUT2D eigenvalue weighted by molar-refractivity contribution is 7.83. The summed E-state index contributed by atoms with van der Waals surface area (Å²) in [5.41, 5.74) is 0. The van der Waals surface area contributed by atoms with Gasteiger partial charge < -0.3 is 19.1 Å². The first-order valence-electron chi connectivity index (χ1n) is 25.6. The van der Waals surface area contributed by atoms with Crippen LogP contribution in [-0.4, -0.2) is 78.9 Å². The van der Waals surface area contributed by atoms with Crippen molar-refractivity contribution in [3.05, 3.63) is 0 Å². The summed E-state index contributed by atoms with van der Waals surface area (Å²) in [6, 6.07) is 0. The fourth-order valence-electron chi connectivity index (χ4n) is 7.88. The fourth-order valence-corrected chi connectivity index (χ4v) is 8.72. The first kappa shape index (κ1) is 58.0. The van der Waals surface area contributed by atoms with Crippen LogP contribution in [0.5, 0.6) is 0 Å². The molecule has 8 nitrogen and oxygen atoms in total. The standard InChI is InChI=1S/C50H100N2O6S/c1-6-10-13-16-21-28-36-47(9-4)57-49(53)39-31-24-19-26-33-42-52(44-35-41-51-59(55)46-45-56-5)43-34-27-20-25-32-40-50(54)58-48(37-29-22-17-14-11-7-2)38-30-23-18-15-12-8-3/h47-48,51H,6-46H2,1-5H3. The molecule has 0 aliphatic carbocycles. The normalized spacial score (nSPS) is 12.7. The van der Waals surface area contributed by atoms with Crippen LogP contribution in [0, 0.1) is 0 Å². The first-order chi connectivity index (χ1) is 28.9. The van der Waals surface area contributed by atoms with E-state index in [4.69, 9.17) is 14.2 Å². The number of methoxy groups -OCH3 is 1. The van der Waals surface area contributed by atoms with Crippen molar-refractivity contribution < 1.29 is 28.0 Å². The molecule has 0 saturated heterocycles. The third-order valence-electron chi connectivity index (χ3n) is 11.8. The van der Waals surface area contributed by atoms with Crippen LogP contribution in [0.4, 0.5) is 0 Å². The number of carbonyl (C=O) groups is 2. The quantitative estimate of drug-likeness (QED) is 0.0481. The molecule has 9 heteroatoms. The van der Waals surface area contributed by atoms with Crippen LogP contribution in [0.25, 0.3) is 0 Å². The lowest BCUT2D eigenvalue weighted by Crippen LogP contribution is -2.30. The number of nitrogens with zero attached hydrogens (tertiary/aromatic N) is 1. The lowest BCUT2D eigenvalue weighted by molar-refractivity contribution is -0.150. The molecule has 0 aliphatic heterocycles. The maximum Gasteiger partial charge on any atom is 0.306 e. The van der Waals surface area contributed by atoms with E-state index in [2.05, 4.69) is 37.3 Å². The highest BCUT2D eigenvalue weighted by Crippen LogP contribution is 2.19. The second kappa shape index (κ2) is 46.5. The average Bonchev–Trinajstić information content (AvgIpc) is 3.23. The highest BCUT2D eigenvalue weighted by Gasteiger charge is 2.15.